The third kappa shape index (κ3) is 7.71. The van der Waals surface area contributed by atoms with Gasteiger partial charge in [-0.2, -0.15) is 13.2 Å². The lowest BCUT2D eigenvalue weighted by Gasteiger charge is -2.25. The van der Waals surface area contributed by atoms with E-state index in [1.807, 2.05) is 26.1 Å². The molecule has 2 aromatic rings. The number of benzene rings is 2. The van der Waals surface area contributed by atoms with Gasteiger partial charge < -0.3 is 9.47 Å². The fourth-order valence-corrected chi connectivity index (χ4v) is 6.22. The van der Waals surface area contributed by atoms with Crippen LogP contribution in [0.4, 0.5) is 17.6 Å². The van der Waals surface area contributed by atoms with Gasteiger partial charge in [0.2, 0.25) is 0 Å². The van der Waals surface area contributed by atoms with Gasteiger partial charge in [0.15, 0.2) is 0 Å². The van der Waals surface area contributed by atoms with E-state index in [1.54, 1.807) is 24.3 Å². The number of allylic oxidation sites excluding steroid dienone is 6. The standard InChI is InChI=1S/C38H42F4N2O2/c1-5-18-45-28-14-15-29(33(20-28)38(40,41)42)31-21-37(46-19-17-25(31)3)26(4)27-9-8-12-35-32(23-43-22-27)24(2)13-16-36(44-35)30-10-6-7-11-34(30)39/h6-7,10-12,14-15,20-21,23,26-27H,5,8-9,13,16-19,22H2,1-4H3. The summed E-state index contributed by atoms with van der Waals surface area (Å²) in [5.41, 5.74) is 4.99. The molecule has 0 saturated carbocycles. The first-order chi connectivity index (χ1) is 22.1. The van der Waals surface area contributed by atoms with Gasteiger partial charge in [-0.1, -0.05) is 55.3 Å². The predicted octanol–water partition coefficient (Wildman–Crippen LogP) is 10.3. The zero-order chi connectivity index (χ0) is 32.8. The Morgan fingerprint density at radius 3 is 2.54 bits per heavy atom. The van der Waals surface area contributed by atoms with Gasteiger partial charge in [-0.15, -0.1) is 0 Å². The number of halogens is 4. The van der Waals surface area contributed by atoms with Gasteiger partial charge in [0.25, 0.3) is 0 Å². The van der Waals surface area contributed by atoms with Gasteiger partial charge in [-0.25, -0.2) is 4.39 Å². The van der Waals surface area contributed by atoms with E-state index in [2.05, 4.69) is 19.9 Å². The van der Waals surface area contributed by atoms with Crippen LogP contribution in [0.5, 0.6) is 5.75 Å². The summed E-state index contributed by atoms with van der Waals surface area (Å²) in [6.45, 7) is 9.21. The van der Waals surface area contributed by atoms with Gasteiger partial charge in [-0.3, -0.25) is 9.98 Å². The monoisotopic (exact) mass is 634 g/mol. The maximum Gasteiger partial charge on any atom is 0.417 e. The third-order valence-electron chi connectivity index (χ3n) is 9.06. The molecule has 0 amide bonds. The molecule has 0 saturated heterocycles. The van der Waals surface area contributed by atoms with Crippen molar-refractivity contribution in [2.24, 2.45) is 21.8 Å². The fraction of sp³-hybridized carbons (Fsp3) is 0.421. The molecule has 0 fully saturated rings. The molecule has 2 aromatic carbocycles. The smallest absolute Gasteiger partial charge is 0.417 e. The Morgan fingerprint density at radius 1 is 1.00 bits per heavy atom. The quantitative estimate of drug-likeness (QED) is 0.285. The molecule has 0 spiro atoms. The van der Waals surface area contributed by atoms with Gasteiger partial charge in [-0.05, 0) is 87.3 Å². The molecule has 0 N–H and O–H groups in total. The molecule has 0 aliphatic carbocycles. The second-order valence-electron chi connectivity index (χ2n) is 12.3. The van der Waals surface area contributed by atoms with Crippen molar-refractivity contribution >= 4 is 17.5 Å². The van der Waals surface area contributed by atoms with Crippen LogP contribution >= 0.6 is 0 Å². The molecule has 2 unspecified atom stereocenters. The highest BCUT2D eigenvalue weighted by Gasteiger charge is 2.35. The largest absolute Gasteiger partial charge is 0.497 e. The van der Waals surface area contributed by atoms with Crippen LogP contribution in [0, 0.1) is 17.7 Å². The average molecular weight is 635 g/mol. The normalized spacial score (nSPS) is 20.2. The summed E-state index contributed by atoms with van der Waals surface area (Å²) < 4.78 is 69.4. The lowest BCUT2D eigenvalue weighted by molar-refractivity contribution is -0.137. The lowest BCUT2D eigenvalue weighted by atomic mass is 9.86. The zero-order valence-corrected chi connectivity index (χ0v) is 27.0. The molecule has 3 aliphatic heterocycles. The summed E-state index contributed by atoms with van der Waals surface area (Å²) in [6.07, 6.45) is 5.40. The number of nitrogens with zero attached hydrogens (tertiary/aromatic N) is 2. The molecule has 5 rings (SSSR count). The van der Waals surface area contributed by atoms with Gasteiger partial charge in [0.05, 0.1) is 35.9 Å². The second kappa shape index (κ2) is 14.7. The average Bonchev–Trinajstić information content (AvgIpc) is 3.26. The van der Waals surface area contributed by atoms with Crippen molar-refractivity contribution in [3.8, 4) is 5.75 Å². The first kappa shape index (κ1) is 33.4. The SMILES string of the molecule is CCCOc1ccc(C2=C(C)CCOC(C(C)C3CCC=C4N=C(c5ccccc5F)CCC(C)=C4C=NC3)=C2)c(C(F)(F)F)c1. The summed E-state index contributed by atoms with van der Waals surface area (Å²) in [4.78, 5) is 9.79. The van der Waals surface area contributed by atoms with Crippen molar-refractivity contribution in [3.05, 3.63) is 105 Å². The van der Waals surface area contributed by atoms with E-state index in [1.165, 1.54) is 12.1 Å². The molecule has 0 aromatic heterocycles. The number of aliphatic imine (C=N–C) groups is 2. The van der Waals surface area contributed by atoms with Crippen LogP contribution in [-0.4, -0.2) is 31.7 Å². The Kier molecular flexibility index (Phi) is 10.6. The highest BCUT2D eigenvalue weighted by atomic mass is 19.4. The van der Waals surface area contributed by atoms with E-state index in [0.717, 1.165) is 53.5 Å². The Hall–Kier alpha value is -3.94. The number of alkyl halides is 3. The number of fused-ring (bicyclic) bond motifs is 1. The van der Waals surface area contributed by atoms with Crippen LogP contribution < -0.4 is 4.74 Å². The molecule has 0 bridgehead atoms. The van der Waals surface area contributed by atoms with E-state index < -0.39 is 11.7 Å². The van der Waals surface area contributed by atoms with Crippen molar-refractivity contribution in [1.82, 2.24) is 0 Å². The third-order valence-corrected chi connectivity index (χ3v) is 9.06. The number of hydrogen-bond donors (Lipinski definition) is 0. The Labute approximate surface area is 269 Å². The maximum absolute atomic E-state index is 14.7. The zero-order valence-electron chi connectivity index (χ0n) is 27.0. The predicted molar refractivity (Wildman–Crippen MR) is 177 cm³/mol. The topological polar surface area (TPSA) is 43.2 Å². The van der Waals surface area contributed by atoms with Crippen LogP contribution in [0.15, 0.2) is 92.8 Å². The number of hydrogen-bond acceptors (Lipinski definition) is 4. The minimum absolute atomic E-state index is 0.0872. The summed E-state index contributed by atoms with van der Waals surface area (Å²) in [7, 11) is 0. The lowest BCUT2D eigenvalue weighted by Crippen LogP contribution is -2.19. The van der Waals surface area contributed by atoms with E-state index in [0.29, 0.717) is 55.9 Å². The summed E-state index contributed by atoms with van der Waals surface area (Å²) >= 11 is 0. The van der Waals surface area contributed by atoms with Crippen molar-refractivity contribution in [3.63, 3.8) is 0 Å². The summed E-state index contributed by atoms with van der Waals surface area (Å²) in [5.74, 6) is 0.598. The highest BCUT2D eigenvalue weighted by molar-refractivity contribution is 6.03. The Balaban J connectivity index is 1.43. The van der Waals surface area contributed by atoms with Crippen molar-refractivity contribution in [1.29, 1.82) is 0 Å². The molecular weight excluding hydrogens is 592 g/mol. The fourth-order valence-electron chi connectivity index (χ4n) is 6.22. The van der Waals surface area contributed by atoms with Crippen LogP contribution in [0.3, 0.4) is 0 Å². The summed E-state index contributed by atoms with van der Waals surface area (Å²) in [5, 5.41) is 0. The van der Waals surface area contributed by atoms with Crippen LogP contribution in [-0.2, 0) is 10.9 Å². The van der Waals surface area contributed by atoms with Gasteiger partial charge in [0.1, 0.15) is 11.6 Å². The van der Waals surface area contributed by atoms with Crippen molar-refractivity contribution in [2.75, 3.05) is 19.8 Å². The van der Waals surface area contributed by atoms with Crippen molar-refractivity contribution < 1.29 is 27.0 Å². The molecule has 0 radical (unpaired) electrons. The Morgan fingerprint density at radius 2 is 1.78 bits per heavy atom. The van der Waals surface area contributed by atoms with E-state index in [9.17, 15) is 17.6 Å². The molecule has 3 heterocycles. The first-order valence-corrected chi connectivity index (χ1v) is 16.2. The molecule has 3 aliphatic rings. The maximum atomic E-state index is 14.7. The van der Waals surface area contributed by atoms with E-state index in [4.69, 9.17) is 19.5 Å². The molecular formula is C38H42F4N2O2. The summed E-state index contributed by atoms with van der Waals surface area (Å²) in [6, 6.07) is 11.0. The first-order valence-electron chi connectivity index (χ1n) is 16.2. The molecule has 2 atom stereocenters. The molecule has 46 heavy (non-hydrogen) atoms. The second-order valence-corrected chi connectivity index (χ2v) is 12.3. The van der Waals surface area contributed by atoms with Crippen LogP contribution in [0.2, 0.25) is 0 Å². The number of ether oxygens (including phenoxy) is 2. The Bertz CT molecular complexity index is 1630. The minimum atomic E-state index is -4.54. The molecule has 244 valence electrons. The van der Waals surface area contributed by atoms with Gasteiger partial charge in [0, 0.05) is 36.2 Å². The molecule has 8 heteroatoms. The number of rotatable bonds is 7. The minimum Gasteiger partial charge on any atom is -0.497 e. The van der Waals surface area contributed by atoms with Gasteiger partial charge >= 0.3 is 6.18 Å². The van der Waals surface area contributed by atoms with Crippen LogP contribution in [0.1, 0.15) is 82.9 Å². The van der Waals surface area contributed by atoms with E-state index in [-0.39, 0.29) is 29.0 Å². The molecule has 4 nitrogen and oxygen atoms in total. The van der Waals surface area contributed by atoms with Crippen LogP contribution in [0.25, 0.3) is 5.57 Å². The van der Waals surface area contributed by atoms with Crippen molar-refractivity contribution in [2.45, 2.75) is 72.4 Å². The van der Waals surface area contributed by atoms with E-state index >= 15 is 0 Å². The highest BCUT2D eigenvalue weighted by Crippen LogP contribution is 2.41.